The van der Waals surface area contributed by atoms with Gasteiger partial charge >= 0.3 is 6.61 Å². The van der Waals surface area contributed by atoms with E-state index in [1.807, 2.05) is 6.92 Å². The molecule has 1 atom stereocenters. The first-order chi connectivity index (χ1) is 11.5. The molecule has 0 aromatic heterocycles. The highest BCUT2D eigenvalue weighted by Crippen LogP contribution is 2.26. The summed E-state index contributed by atoms with van der Waals surface area (Å²) in [6, 6.07) is 5.30. The molecule has 132 valence electrons. The zero-order chi connectivity index (χ0) is 17.5. The molecule has 1 heterocycles. The molecule has 5 nitrogen and oxygen atoms in total. The summed E-state index contributed by atoms with van der Waals surface area (Å²) < 4.78 is 29.4. The molecule has 1 aromatic rings. The third-order valence-electron chi connectivity index (χ3n) is 3.98. The lowest BCUT2D eigenvalue weighted by Crippen LogP contribution is -2.46. The highest BCUT2D eigenvalue weighted by atomic mass is 19.3. The van der Waals surface area contributed by atoms with Crippen LogP contribution in [0.2, 0.25) is 0 Å². The molecule has 24 heavy (non-hydrogen) atoms. The Hall–Kier alpha value is -2.18. The van der Waals surface area contributed by atoms with Crippen LogP contribution in [0.5, 0.6) is 5.75 Å². The second kappa shape index (κ2) is 8.61. The molecule has 1 aliphatic rings. The number of halogens is 2. The number of nitrogens with zero attached hydrogens (tertiary/aromatic N) is 1. The Kier molecular flexibility index (Phi) is 6.52. The molecule has 0 aliphatic carbocycles. The number of benzene rings is 1. The minimum Gasteiger partial charge on any atom is -0.434 e. The summed E-state index contributed by atoms with van der Waals surface area (Å²) in [5.41, 5.74) is 0.0473. The standard InChI is InChI=1S/C17H22F2N2O3/c1-2-3-10-20-15(22)13-8-6-11-21(13)16(23)12-7-4-5-9-14(12)24-17(18)19/h4-5,7,9,13,17H,2-3,6,8,10-11H2,1H3,(H,20,22). The topological polar surface area (TPSA) is 58.6 Å². The number of nitrogens with one attached hydrogen (secondary N) is 1. The number of carbonyl (C=O) groups excluding carboxylic acids is 2. The van der Waals surface area contributed by atoms with E-state index in [1.54, 1.807) is 6.07 Å². The van der Waals surface area contributed by atoms with Crippen molar-refractivity contribution in [3.05, 3.63) is 29.8 Å². The minimum atomic E-state index is -3.01. The number of hydrogen-bond acceptors (Lipinski definition) is 3. The number of rotatable bonds is 7. The Balaban J connectivity index is 2.12. The Bertz CT molecular complexity index is 581. The number of unbranched alkanes of at least 4 members (excludes halogenated alkanes) is 1. The maximum absolute atomic E-state index is 12.7. The highest BCUT2D eigenvalue weighted by Gasteiger charge is 2.35. The van der Waals surface area contributed by atoms with Crippen LogP contribution < -0.4 is 10.1 Å². The maximum atomic E-state index is 12.7. The molecule has 2 amide bonds. The van der Waals surface area contributed by atoms with E-state index in [4.69, 9.17) is 0 Å². The van der Waals surface area contributed by atoms with E-state index in [1.165, 1.54) is 23.1 Å². The van der Waals surface area contributed by atoms with Crippen LogP contribution in [-0.4, -0.2) is 42.5 Å². The fourth-order valence-corrected chi connectivity index (χ4v) is 2.79. The van der Waals surface area contributed by atoms with Crippen molar-refractivity contribution in [3.63, 3.8) is 0 Å². The van der Waals surface area contributed by atoms with Crippen molar-refractivity contribution in [2.75, 3.05) is 13.1 Å². The van der Waals surface area contributed by atoms with E-state index in [0.717, 1.165) is 12.8 Å². The van der Waals surface area contributed by atoms with Crippen LogP contribution in [0.1, 0.15) is 43.0 Å². The van der Waals surface area contributed by atoms with Crippen LogP contribution in [0.15, 0.2) is 24.3 Å². The van der Waals surface area contributed by atoms with Crippen molar-refractivity contribution in [3.8, 4) is 5.75 Å². The van der Waals surface area contributed by atoms with Gasteiger partial charge in [0.2, 0.25) is 5.91 Å². The van der Waals surface area contributed by atoms with Crippen LogP contribution in [0.4, 0.5) is 8.78 Å². The summed E-state index contributed by atoms with van der Waals surface area (Å²) >= 11 is 0. The van der Waals surface area contributed by atoms with Gasteiger partial charge in [0, 0.05) is 13.1 Å². The molecular formula is C17H22F2N2O3. The third-order valence-corrected chi connectivity index (χ3v) is 3.98. The lowest BCUT2D eigenvalue weighted by atomic mass is 10.1. The molecule has 1 unspecified atom stereocenters. The average molecular weight is 340 g/mol. The van der Waals surface area contributed by atoms with Crippen LogP contribution in [-0.2, 0) is 4.79 Å². The van der Waals surface area contributed by atoms with E-state index in [9.17, 15) is 18.4 Å². The van der Waals surface area contributed by atoms with Crippen molar-refractivity contribution < 1.29 is 23.1 Å². The van der Waals surface area contributed by atoms with Gasteiger partial charge in [0.25, 0.3) is 5.91 Å². The van der Waals surface area contributed by atoms with Gasteiger partial charge in [-0.15, -0.1) is 0 Å². The molecule has 1 aromatic carbocycles. The van der Waals surface area contributed by atoms with E-state index in [0.29, 0.717) is 25.9 Å². The fourth-order valence-electron chi connectivity index (χ4n) is 2.79. The van der Waals surface area contributed by atoms with Crippen molar-refractivity contribution in [2.24, 2.45) is 0 Å². The van der Waals surface area contributed by atoms with Crippen molar-refractivity contribution in [2.45, 2.75) is 45.3 Å². The lowest BCUT2D eigenvalue weighted by molar-refractivity contribution is -0.124. The molecule has 0 bridgehead atoms. The number of ether oxygens (including phenoxy) is 1. The predicted octanol–water partition coefficient (Wildman–Crippen LogP) is 2.81. The average Bonchev–Trinajstić information content (AvgIpc) is 3.04. The van der Waals surface area contributed by atoms with Crippen LogP contribution in [0.3, 0.4) is 0 Å². The molecular weight excluding hydrogens is 318 g/mol. The monoisotopic (exact) mass is 340 g/mol. The summed E-state index contributed by atoms with van der Waals surface area (Å²) in [6.07, 6.45) is 3.11. The number of amides is 2. The minimum absolute atomic E-state index is 0.0473. The Morgan fingerprint density at radius 1 is 1.38 bits per heavy atom. The van der Waals surface area contributed by atoms with E-state index in [2.05, 4.69) is 10.1 Å². The largest absolute Gasteiger partial charge is 0.434 e. The molecule has 1 fully saturated rings. The second-order valence-electron chi connectivity index (χ2n) is 5.68. The number of alkyl halides is 2. The summed E-state index contributed by atoms with van der Waals surface area (Å²) in [5.74, 6) is -0.824. The predicted molar refractivity (Wildman–Crippen MR) is 85.1 cm³/mol. The molecule has 1 aliphatic heterocycles. The number of likely N-dealkylation sites (tertiary alicyclic amines) is 1. The Labute approximate surface area is 140 Å². The second-order valence-corrected chi connectivity index (χ2v) is 5.68. The molecule has 7 heteroatoms. The number of carbonyl (C=O) groups is 2. The Morgan fingerprint density at radius 2 is 2.12 bits per heavy atom. The SMILES string of the molecule is CCCCNC(=O)C1CCCN1C(=O)c1ccccc1OC(F)F. The number of hydrogen-bond donors (Lipinski definition) is 1. The first kappa shape index (κ1) is 18.2. The van der Waals surface area contributed by atoms with Crippen molar-refractivity contribution in [1.29, 1.82) is 0 Å². The van der Waals surface area contributed by atoms with Gasteiger partial charge < -0.3 is 15.0 Å². The van der Waals surface area contributed by atoms with E-state index < -0.39 is 18.6 Å². The lowest BCUT2D eigenvalue weighted by Gasteiger charge is -2.25. The summed E-state index contributed by atoms with van der Waals surface area (Å²) in [6.45, 7) is 0.00937. The number of para-hydroxylation sites is 1. The van der Waals surface area contributed by atoms with Gasteiger partial charge in [-0.1, -0.05) is 25.5 Å². The quantitative estimate of drug-likeness (QED) is 0.777. The molecule has 0 spiro atoms. The maximum Gasteiger partial charge on any atom is 0.387 e. The molecule has 1 N–H and O–H groups in total. The van der Waals surface area contributed by atoms with Crippen LogP contribution >= 0.6 is 0 Å². The van der Waals surface area contributed by atoms with Gasteiger partial charge in [-0.25, -0.2) is 0 Å². The van der Waals surface area contributed by atoms with Gasteiger partial charge in [-0.3, -0.25) is 9.59 Å². The zero-order valence-electron chi connectivity index (χ0n) is 13.6. The van der Waals surface area contributed by atoms with Gasteiger partial charge in [0.1, 0.15) is 11.8 Å². The van der Waals surface area contributed by atoms with Gasteiger partial charge in [0.15, 0.2) is 0 Å². The molecule has 0 radical (unpaired) electrons. The first-order valence-electron chi connectivity index (χ1n) is 8.17. The van der Waals surface area contributed by atoms with Gasteiger partial charge in [-0.05, 0) is 31.4 Å². The summed E-state index contributed by atoms with van der Waals surface area (Å²) in [7, 11) is 0. The van der Waals surface area contributed by atoms with Gasteiger partial charge in [-0.2, -0.15) is 8.78 Å². The molecule has 1 saturated heterocycles. The van der Waals surface area contributed by atoms with Crippen LogP contribution in [0.25, 0.3) is 0 Å². The third kappa shape index (κ3) is 4.43. The van der Waals surface area contributed by atoms with Crippen LogP contribution in [0, 0.1) is 0 Å². The highest BCUT2D eigenvalue weighted by molar-refractivity contribution is 6.00. The van der Waals surface area contributed by atoms with Gasteiger partial charge in [0.05, 0.1) is 5.56 Å². The fraction of sp³-hybridized carbons (Fsp3) is 0.529. The summed E-state index contributed by atoms with van der Waals surface area (Å²) in [5, 5.41) is 2.82. The van der Waals surface area contributed by atoms with Crippen molar-refractivity contribution >= 4 is 11.8 Å². The molecule has 2 rings (SSSR count). The Morgan fingerprint density at radius 3 is 2.83 bits per heavy atom. The van der Waals surface area contributed by atoms with E-state index in [-0.39, 0.29) is 17.2 Å². The van der Waals surface area contributed by atoms with E-state index >= 15 is 0 Å². The van der Waals surface area contributed by atoms with Crippen molar-refractivity contribution in [1.82, 2.24) is 10.2 Å². The first-order valence-corrected chi connectivity index (χ1v) is 8.17. The zero-order valence-corrected chi connectivity index (χ0v) is 13.6. The summed E-state index contributed by atoms with van der Waals surface area (Å²) in [4.78, 5) is 26.4. The smallest absolute Gasteiger partial charge is 0.387 e. The normalized spacial score (nSPS) is 17.2. The molecule has 0 saturated carbocycles.